The maximum atomic E-state index is 11.3. The zero-order valence-corrected chi connectivity index (χ0v) is 8.05. The Morgan fingerprint density at radius 1 is 1.50 bits per heavy atom. The number of Topliss-reactive ketones (excluding diaryl/α,β-unsaturated/α-hetero) is 1. The van der Waals surface area contributed by atoms with Crippen molar-refractivity contribution in [3.63, 3.8) is 0 Å². The maximum Gasteiger partial charge on any atom is 0.146 e. The van der Waals surface area contributed by atoms with Crippen LogP contribution in [0.2, 0.25) is 0 Å². The number of nitrogens with one attached hydrogen (secondary N) is 1. The van der Waals surface area contributed by atoms with Crippen molar-refractivity contribution in [2.75, 3.05) is 6.54 Å². The molecule has 2 heteroatoms. The summed E-state index contributed by atoms with van der Waals surface area (Å²) in [5.41, 5.74) is 0.393. The van der Waals surface area contributed by atoms with E-state index in [4.69, 9.17) is 0 Å². The van der Waals surface area contributed by atoms with Gasteiger partial charge in [0, 0.05) is 0 Å². The lowest BCUT2D eigenvalue weighted by Crippen LogP contribution is -2.49. The number of ketones is 1. The molecule has 2 aliphatic rings. The Balaban J connectivity index is 2.15. The minimum atomic E-state index is 0.152. The molecule has 0 aromatic rings. The first-order valence-corrected chi connectivity index (χ1v) is 4.76. The fraction of sp³-hybridized carbons (Fsp3) is 0.900. The van der Waals surface area contributed by atoms with E-state index in [0.29, 0.717) is 17.1 Å². The summed E-state index contributed by atoms with van der Waals surface area (Å²) in [5.74, 6) is 1.69. The van der Waals surface area contributed by atoms with Gasteiger partial charge >= 0.3 is 0 Å². The smallest absolute Gasteiger partial charge is 0.146 e. The van der Waals surface area contributed by atoms with Crippen molar-refractivity contribution in [2.45, 2.75) is 33.2 Å². The van der Waals surface area contributed by atoms with Crippen LogP contribution in [0.15, 0.2) is 0 Å². The summed E-state index contributed by atoms with van der Waals surface area (Å²) in [5, 5.41) is 3.32. The molecule has 2 rings (SSSR count). The molecule has 0 bridgehead atoms. The van der Waals surface area contributed by atoms with Gasteiger partial charge in [-0.05, 0) is 37.1 Å². The highest BCUT2D eigenvalue weighted by atomic mass is 16.1. The van der Waals surface area contributed by atoms with Gasteiger partial charge in [-0.2, -0.15) is 0 Å². The molecule has 1 heterocycles. The van der Waals surface area contributed by atoms with E-state index in [2.05, 4.69) is 19.2 Å². The lowest BCUT2D eigenvalue weighted by atomic mass is 9.55. The minimum Gasteiger partial charge on any atom is -0.307 e. The molecular formula is C10H17NO. The fourth-order valence-electron chi connectivity index (χ4n) is 3.14. The van der Waals surface area contributed by atoms with E-state index in [1.54, 1.807) is 6.92 Å². The summed E-state index contributed by atoms with van der Waals surface area (Å²) in [4.78, 5) is 11.3. The van der Waals surface area contributed by atoms with Gasteiger partial charge in [-0.3, -0.25) is 4.79 Å². The molecule has 0 radical (unpaired) electrons. The Bertz CT molecular complexity index is 222. The summed E-state index contributed by atoms with van der Waals surface area (Å²) in [6.07, 6.45) is 1.29. The normalized spacial score (nSPS) is 43.4. The van der Waals surface area contributed by atoms with E-state index in [9.17, 15) is 4.79 Å². The molecule has 0 spiro atoms. The largest absolute Gasteiger partial charge is 0.307 e. The summed E-state index contributed by atoms with van der Waals surface area (Å²) >= 11 is 0. The predicted octanol–water partition coefficient (Wildman–Crippen LogP) is 1.21. The van der Waals surface area contributed by atoms with E-state index in [-0.39, 0.29) is 6.04 Å². The minimum absolute atomic E-state index is 0.152. The van der Waals surface area contributed by atoms with Crippen LogP contribution in [-0.2, 0) is 4.79 Å². The Hall–Kier alpha value is -0.370. The second kappa shape index (κ2) is 2.32. The molecule has 1 aliphatic carbocycles. The van der Waals surface area contributed by atoms with E-state index in [1.165, 1.54) is 6.42 Å². The quantitative estimate of drug-likeness (QED) is 0.636. The lowest BCUT2D eigenvalue weighted by molar-refractivity contribution is -0.123. The van der Waals surface area contributed by atoms with Gasteiger partial charge in [0.1, 0.15) is 5.78 Å². The van der Waals surface area contributed by atoms with E-state index in [1.807, 2.05) is 0 Å². The molecule has 0 aromatic heterocycles. The monoisotopic (exact) mass is 167 g/mol. The van der Waals surface area contributed by atoms with Gasteiger partial charge in [0.05, 0.1) is 6.04 Å². The zero-order valence-electron chi connectivity index (χ0n) is 8.05. The van der Waals surface area contributed by atoms with Crippen LogP contribution in [0.25, 0.3) is 0 Å². The predicted molar refractivity (Wildman–Crippen MR) is 47.8 cm³/mol. The van der Waals surface area contributed by atoms with Gasteiger partial charge in [-0.15, -0.1) is 0 Å². The van der Waals surface area contributed by atoms with Crippen LogP contribution in [0, 0.1) is 17.3 Å². The highest BCUT2D eigenvalue weighted by Gasteiger charge is 2.55. The Morgan fingerprint density at radius 3 is 2.58 bits per heavy atom. The maximum absolute atomic E-state index is 11.3. The molecule has 0 aromatic carbocycles. The van der Waals surface area contributed by atoms with Crippen molar-refractivity contribution in [3.05, 3.63) is 0 Å². The highest BCUT2D eigenvalue weighted by molar-refractivity contribution is 5.82. The number of carbonyl (C=O) groups excluding carboxylic acids is 1. The topological polar surface area (TPSA) is 29.1 Å². The van der Waals surface area contributed by atoms with Crippen molar-refractivity contribution >= 4 is 5.78 Å². The van der Waals surface area contributed by atoms with Crippen LogP contribution in [0.3, 0.4) is 0 Å². The third-order valence-electron chi connectivity index (χ3n) is 3.60. The van der Waals surface area contributed by atoms with Gasteiger partial charge in [0.25, 0.3) is 0 Å². The molecule has 1 N–H and O–H groups in total. The van der Waals surface area contributed by atoms with Crippen LogP contribution in [0.4, 0.5) is 0 Å². The van der Waals surface area contributed by atoms with Crippen LogP contribution in [-0.4, -0.2) is 18.4 Å². The fourth-order valence-corrected chi connectivity index (χ4v) is 3.14. The molecule has 1 saturated heterocycles. The zero-order chi connectivity index (χ0) is 8.93. The van der Waals surface area contributed by atoms with Gasteiger partial charge in [0.15, 0.2) is 0 Å². The molecule has 68 valence electrons. The van der Waals surface area contributed by atoms with Gasteiger partial charge in [-0.1, -0.05) is 13.8 Å². The van der Waals surface area contributed by atoms with Gasteiger partial charge in [0.2, 0.25) is 0 Å². The van der Waals surface area contributed by atoms with Crippen LogP contribution in [0.1, 0.15) is 27.2 Å². The van der Waals surface area contributed by atoms with Crippen LogP contribution < -0.4 is 5.32 Å². The third kappa shape index (κ3) is 0.939. The van der Waals surface area contributed by atoms with Gasteiger partial charge in [-0.25, -0.2) is 0 Å². The van der Waals surface area contributed by atoms with Crippen molar-refractivity contribution in [3.8, 4) is 0 Å². The SMILES string of the molecule is CC(=O)[C@H]1NC[C@@H]2CC(C)(C)[C@@H]21. The number of fused-ring (bicyclic) bond motifs is 1. The average molecular weight is 167 g/mol. The standard InChI is InChI=1S/C10H17NO/c1-6(12)9-8-7(5-11-9)4-10(8,2)3/h7-9,11H,4-5H2,1-3H3/t7-,8-,9+/m0/s1. The number of rotatable bonds is 1. The summed E-state index contributed by atoms with van der Waals surface area (Å²) in [6.45, 7) is 7.31. The first-order chi connectivity index (χ1) is 5.52. The van der Waals surface area contributed by atoms with Crippen LogP contribution >= 0.6 is 0 Å². The second-order valence-electron chi connectivity index (χ2n) is 4.98. The summed E-state index contributed by atoms with van der Waals surface area (Å²) in [7, 11) is 0. The first-order valence-electron chi connectivity index (χ1n) is 4.76. The Morgan fingerprint density at radius 2 is 2.17 bits per heavy atom. The third-order valence-corrected chi connectivity index (χ3v) is 3.60. The molecule has 2 nitrogen and oxygen atoms in total. The van der Waals surface area contributed by atoms with E-state index < -0.39 is 0 Å². The van der Waals surface area contributed by atoms with Crippen LogP contribution in [0.5, 0.6) is 0 Å². The molecule has 12 heavy (non-hydrogen) atoms. The molecule has 1 aliphatic heterocycles. The number of hydrogen-bond donors (Lipinski definition) is 1. The first kappa shape index (κ1) is 8.24. The Labute approximate surface area is 73.7 Å². The molecular weight excluding hydrogens is 150 g/mol. The van der Waals surface area contributed by atoms with Crippen molar-refractivity contribution < 1.29 is 4.79 Å². The van der Waals surface area contributed by atoms with E-state index >= 15 is 0 Å². The molecule has 2 fully saturated rings. The second-order valence-corrected chi connectivity index (χ2v) is 4.98. The molecule has 0 unspecified atom stereocenters. The van der Waals surface area contributed by atoms with E-state index in [0.717, 1.165) is 12.5 Å². The summed E-state index contributed by atoms with van der Waals surface area (Å²) < 4.78 is 0. The van der Waals surface area contributed by atoms with Gasteiger partial charge < -0.3 is 5.32 Å². The Kier molecular flexibility index (Phi) is 1.59. The lowest BCUT2D eigenvalue weighted by Gasteiger charge is -2.49. The highest BCUT2D eigenvalue weighted by Crippen LogP contribution is 2.54. The number of hydrogen-bond acceptors (Lipinski definition) is 2. The summed E-state index contributed by atoms with van der Waals surface area (Å²) in [6, 6.07) is 0.152. The van der Waals surface area contributed by atoms with Crippen molar-refractivity contribution in [1.29, 1.82) is 0 Å². The average Bonchev–Trinajstić information content (AvgIpc) is 2.27. The van der Waals surface area contributed by atoms with Crippen molar-refractivity contribution in [1.82, 2.24) is 5.32 Å². The molecule has 3 atom stereocenters. The molecule has 0 amide bonds. The number of carbonyl (C=O) groups is 1. The molecule has 1 saturated carbocycles. The van der Waals surface area contributed by atoms with Crippen molar-refractivity contribution in [2.24, 2.45) is 17.3 Å².